The highest BCUT2D eigenvalue weighted by molar-refractivity contribution is 5.40. The van der Waals surface area contributed by atoms with Gasteiger partial charge in [0.05, 0.1) is 6.04 Å². The van der Waals surface area contributed by atoms with Crippen LogP contribution in [0, 0.1) is 0 Å². The molecule has 2 aromatic rings. The fourth-order valence-electron chi connectivity index (χ4n) is 3.21. The lowest BCUT2D eigenvalue weighted by Gasteiger charge is -2.15. The molecule has 0 aliphatic heterocycles. The molecule has 2 N–H and O–H groups in total. The number of benzene rings is 2. The van der Waals surface area contributed by atoms with E-state index in [2.05, 4.69) is 49.4 Å². The molecule has 0 bridgehead atoms. The molecule has 0 fully saturated rings. The molecule has 1 aliphatic rings. The standard InChI is InChI=1S/C19H23N/c1-2-5-14-6-3-9-17(12-14)19(20)18-11-10-15-7-4-8-16(15)13-18/h3,6,9-13,19H,2,4-5,7-8,20H2,1H3. The quantitative estimate of drug-likeness (QED) is 0.882. The Labute approximate surface area is 121 Å². The normalized spacial score (nSPS) is 15.1. The van der Waals surface area contributed by atoms with Crippen LogP contribution in [0.3, 0.4) is 0 Å². The third-order valence-corrected chi connectivity index (χ3v) is 4.33. The summed E-state index contributed by atoms with van der Waals surface area (Å²) in [4.78, 5) is 0. The molecule has 1 heteroatoms. The predicted molar refractivity (Wildman–Crippen MR) is 84.9 cm³/mol. The summed E-state index contributed by atoms with van der Waals surface area (Å²) in [5.41, 5.74) is 13.4. The van der Waals surface area contributed by atoms with Crippen molar-refractivity contribution in [2.75, 3.05) is 0 Å². The average molecular weight is 265 g/mol. The van der Waals surface area contributed by atoms with E-state index >= 15 is 0 Å². The third kappa shape index (κ3) is 2.64. The van der Waals surface area contributed by atoms with E-state index in [0.717, 1.165) is 6.42 Å². The zero-order valence-corrected chi connectivity index (χ0v) is 12.2. The van der Waals surface area contributed by atoms with Crippen molar-refractivity contribution >= 4 is 0 Å². The molecule has 0 saturated carbocycles. The van der Waals surface area contributed by atoms with Crippen LogP contribution in [-0.4, -0.2) is 0 Å². The number of nitrogens with two attached hydrogens (primary N) is 1. The molecular formula is C19H23N. The zero-order chi connectivity index (χ0) is 13.9. The van der Waals surface area contributed by atoms with Gasteiger partial charge in [-0.3, -0.25) is 0 Å². The molecule has 0 heterocycles. The van der Waals surface area contributed by atoms with Gasteiger partial charge >= 0.3 is 0 Å². The summed E-state index contributed by atoms with van der Waals surface area (Å²) in [5, 5.41) is 0. The summed E-state index contributed by atoms with van der Waals surface area (Å²) in [6.07, 6.45) is 6.05. The second kappa shape index (κ2) is 5.80. The first kappa shape index (κ1) is 13.4. The highest BCUT2D eigenvalue weighted by Gasteiger charge is 2.15. The van der Waals surface area contributed by atoms with E-state index in [1.807, 2.05) is 0 Å². The fraction of sp³-hybridized carbons (Fsp3) is 0.368. The van der Waals surface area contributed by atoms with Crippen LogP contribution in [0.4, 0.5) is 0 Å². The second-order valence-electron chi connectivity index (χ2n) is 5.85. The van der Waals surface area contributed by atoms with Gasteiger partial charge in [0.25, 0.3) is 0 Å². The Morgan fingerprint density at radius 2 is 1.80 bits per heavy atom. The third-order valence-electron chi connectivity index (χ3n) is 4.33. The van der Waals surface area contributed by atoms with Crippen molar-refractivity contribution in [3.63, 3.8) is 0 Å². The Hall–Kier alpha value is -1.60. The van der Waals surface area contributed by atoms with Crippen molar-refractivity contribution in [3.05, 3.63) is 70.3 Å². The number of aryl methyl sites for hydroxylation is 3. The van der Waals surface area contributed by atoms with Crippen LogP contribution >= 0.6 is 0 Å². The van der Waals surface area contributed by atoms with Crippen LogP contribution in [0.15, 0.2) is 42.5 Å². The monoisotopic (exact) mass is 265 g/mol. The van der Waals surface area contributed by atoms with E-state index in [1.54, 1.807) is 0 Å². The largest absolute Gasteiger partial charge is 0.320 e. The summed E-state index contributed by atoms with van der Waals surface area (Å²) < 4.78 is 0. The maximum absolute atomic E-state index is 6.48. The summed E-state index contributed by atoms with van der Waals surface area (Å²) in [7, 11) is 0. The summed E-state index contributed by atoms with van der Waals surface area (Å²) in [6, 6.07) is 15.5. The maximum atomic E-state index is 6.48. The van der Waals surface area contributed by atoms with Gasteiger partial charge in [0, 0.05) is 0 Å². The predicted octanol–water partition coefficient (Wildman–Crippen LogP) is 4.18. The van der Waals surface area contributed by atoms with Crippen LogP contribution < -0.4 is 5.73 Å². The van der Waals surface area contributed by atoms with Crippen LogP contribution in [0.25, 0.3) is 0 Å². The molecule has 2 aromatic carbocycles. The van der Waals surface area contributed by atoms with E-state index in [0.29, 0.717) is 0 Å². The molecule has 3 rings (SSSR count). The van der Waals surface area contributed by atoms with Crippen LogP contribution in [-0.2, 0) is 19.3 Å². The van der Waals surface area contributed by atoms with Crippen molar-refractivity contribution in [3.8, 4) is 0 Å². The molecule has 1 atom stereocenters. The van der Waals surface area contributed by atoms with Gasteiger partial charge < -0.3 is 5.73 Å². The summed E-state index contributed by atoms with van der Waals surface area (Å²) in [5.74, 6) is 0. The van der Waals surface area contributed by atoms with E-state index in [-0.39, 0.29) is 6.04 Å². The van der Waals surface area contributed by atoms with Crippen molar-refractivity contribution in [1.29, 1.82) is 0 Å². The molecule has 0 amide bonds. The lowest BCUT2D eigenvalue weighted by molar-refractivity contribution is 0.855. The van der Waals surface area contributed by atoms with Crippen molar-refractivity contribution in [1.82, 2.24) is 0 Å². The van der Waals surface area contributed by atoms with Crippen molar-refractivity contribution in [2.24, 2.45) is 5.73 Å². The lowest BCUT2D eigenvalue weighted by atomic mass is 9.95. The minimum atomic E-state index is -0.00212. The molecule has 0 aromatic heterocycles. The first-order valence-electron chi connectivity index (χ1n) is 7.74. The van der Waals surface area contributed by atoms with E-state index in [4.69, 9.17) is 5.73 Å². The molecule has 1 unspecified atom stereocenters. The Balaban J connectivity index is 1.88. The Kier molecular flexibility index (Phi) is 3.88. The highest BCUT2D eigenvalue weighted by Crippen LogP contribution is 2.27. The minimum absolute atomic E-state index is 0.00212. The average Bonchev–Trinajstić information content (AvgIpc) is 2.94. The van der Waals surface area contributed by atoms with Crippen LogP contribution in [0.5, 0.6) is 0 Å². The first-order valence-corrected chi connectivity index (χ1v) is 7.74. The van der Waals surface area contributed by atoms with Gasteiger partial charge in [-0.05, 0) is 53.5 Å². The van der Waals surface area contributed by atoms with Gasteiger partial charge in [-0.2, -0.15) is 0 Å². The Morgan fingerprint density at radius 3 is 2.65 bits per heavy atom. The Bertz CT molecular complexity index is 600. The summed E-state index contributed by atoms with van der Waals surface area (Å²) in [6.45, 7) is 2.22. The molecule has 0 radical (unpaired) electrons. The lowest BCUT2D eigenvalue weighted by Crippen LogP contribution is -2.12. The molecule has 0 saturated heterocycles. The van der Waals surface area contributed by atoms with Gasteiger partial charge in [-0.15, -0.1) is 0 Å². The number of fused-ring (bicyclic) bond motifs is 1. The van der Waals surface area contributed by atoms with E-state index < -0.39 is 0 Å². The molecule has 0 spiro atoms. The minimum Gasteiger partial charge on any atom is -0.320 e. The van der Waals surface area contributed by atoms with Gasteiger partial charge in [0.2, 0.25) is 0 Å². The van der Waals surface area contributed by atoms with Gasteiger partial charge in [-0.25, -0.2) is 0 Å². The molecule has 20 heavy (non-hydrogen) atoms. The van der Waals surface area contributed by atoms with Gasteiger partial charge in [0.15, 0.2) is 0 Å². The molecule has 104 valence electrons. The smallest absolute Gasteiger partial charge is 0.0551 e. The highest BCUT2D eigenvalue weighted by atomic mass is 14.6. The summed E-state index contributed by atoms with van der Waals surface area (Å²) >= 11 is 0. The van der Waals surface area contributed by atoms with Crippen LogP contribution in [0.1, 0.15) is 53.6 Å². The zero-order valence-electron chi connectivity index (χ0n) is 12.2. The molecule has 1 aliphatic carbocycles. The van der Waals surface area contributed by atoms with E-state index in [1.165, 1.54) is 53.5 Å². The number of hydrogen-bond acceptors (Lipinski definition) is 1. The van der Waals surface area contributed by atoms with Gasteiger partial charge in [-0.1, -0.05) is 55.8 Å². The van der Waals surface area contributed by atoms with Crippen molar-refractivity contribution < 1.29 is 0 Å². The molecule has 1 nitrogen and oxygen atoms in total. The topological polar surface area (TPSA) is 26.0 Å². The fourth-order valence-corrected chi connectivity index (χ4v) is 3.21. The SMILES string of the molecule is CCCc1cccc(C(N)c2ccc3c(c2)CCC3)c1. The Morgan fingerprint density at radius 1 is 1.00 bits per heavy atom. The first-order chi connectivity index (χ1) is 9.78. The second-order valence-corrected chi connectivity index (χ2v) is 5.85. The van der Waals surface area contributed by atoms with Crippen LogP contribution in [0.2, 0.25) is 0 Å². The molecular weight excluding hydrogens is 242 g/mol. The van der Waals surface area contributed by atoms with E-state index in [9.17, 15) is 0 Å². The number of hydrogen-bond donors (Lipinski definition) is 1. The number of rotatable bonds is 4. The van der Waals surface area contributed by atoms with Gasteiger partial charge in [0.1, 0.15) is 0 Å². The maximum Gasteiger partial charge on any atom is 0.0551 e. The van der Waals surface area contributed by atoms with Crippen molar-refractivity contribution in [2.45, 2.75) is 45.1 Å².